The van der Waals surface area contributed by atoms with Crippen LogP contribution < -0.4 is 10.6 Å². The number of hydrogen-bond donors (Lipinski definition) is 2. The second-order valence-electron chi connectivity index (χ2n) is 9.80. The molecular weight excluding hydrogens is 368 g/mol. The first-order chi connectivity index (χ1) is 13.7. The summed E-state index contributed by atoms with van der Waals surface area (Å²) in [4.78, 5) is 41.6. The van der Waals surface area contributed by atoms with Crippen LogP contribution in [-0.4, -0.2) is 65.4 Å². The molecule has 164 valence electrons. The maximum Gasteiger partial charge on any atom is 0.325 e. The van der Waals surface area contributed by atoms with Gasteiger partial charge < -0.3 is 15.5 Å². The highest BCUT2D eigenvalue weighted by Crippen LogP contribution is 2.45. The maximum atomic E-state index is 13.1. The number of nitrogens with one attached hydrogen (secondary N) is 2. The predicted molar refractivity (Wildman–Crippen MR) is 112 cm³/mol. The van der Waals surface area contributed by atoms with Gasteiger partial charge in [-0.05, 0) is 56.4 Å². The van der Waals surface area contributed by atoms with Crippen LogP contribution >= 0.6 is 0 Å². The summed E-state index contributed by atoms with van der Waals surface area (Å²) in [6.45, 7) is 11.7. The minimum absolute atomic E-state index is 0.131. The molecule has 0 aromatic carbocycles. The molecule has 29 heavy (non-hydrogen) atoms. The molecule has 0 unspecified atom stereocenters. The van der Waals surface area contributed by atoms with E-state index in [2.05, 4.69) is 43.2 Å². The van der Waals surface area contributed by atoms with Gasteiger partial charge in [-0.3, -0.25) is 14.5 Å². The number of amides is 4. The van der Waals surface area contributed by atoms with E-state index in [1.165, 1.54) is 0 Å². The van der Waals surface area contributed by atoms with E-state index in [9.17, 15) is 14.4 Å². The molecule has 2 saturated heterocycles. The van der Waals surface area contributed by atoms with Gasteiger partial charge in [-0.1, -0.05) is 34.1 Å². The molecule has 2 heterocycles. The SMILES string of the molecule is CCN1CCC(NC(=O)CN2C(=O)NC3(CCC(C(C)(C)CC)CC3)C2=O)CC1. The van der Waals surface area contributed by atoms with Crippen LogP contribution in [-0.2, 0) is 9.59 Å². The fraction of sp³-hybridized carbons (Fsp3) is 0.864. The number of carbonyl (C=O) groups is 3. The molecule has 0 aromatic rings. The highest BCUT2D eigenvalue weighted by molar-refractivity contribution is 6.09. The minimum Gasteiger partial charge on any atom is -0.352 e. The van der Waals surface area contributed by atoms with Crippen molar-refractivity contribution in [1.29, 1.82) is 0 Å². The summed E-state index contributed by atoms with van der Waals surface area (Å²) in [7, 11) is 0. The normalized spacial score (nSPS) is 29.4. The number of nitrogens with zero attached hydrogens (tertiary/aromatic N) is 2. The number of rotatable bonds is 6. The summed E-state index contributed by atoms with van der Waals surface area (Å²) in [6, 6.07) is -0.286. The molecule has 0 bridgehead atoms. The summed E-state index contributed by atoms with van der Waals surface area (Å²) < 4.78 is 0. The van der Waals surface area contributed by atoms with E-state index in [4.69, 9.17) is 0 Å². The molecule has 1 spiro atoms. The monoisotopic (exact) mass is 406 g/mol. The van der Waals surface area contributed by atoms with Crippen LogP contribution in [0.1, 0.15) is 72.6 Å². The summed E-state index contributed by atoms with van der Waals surface area (Å²) in [5.74, 6) is 0.113. The Kier molecular flexibility index (Phi) is 6.56. The molecule has 3 fully saturated rings. The molecule has 7 heteroatoms. The molecule has 2 aliphatic heterocycles. The number of carbonyl (C=O) groups excluding carboxylic acids is 3. The van der Waals surface area contributed by atoms with E-state index in [0.29, 0.717) is 18.8 Å². The number of hydrogen-bond acceptors (Lipinski definition) is 4. The molecule has 0 atom stereocenters. The standard InChI is InChI=1S/C22H38N4O3/c1-5-21(3,4)16-7-11-22(12-8-16)19(28)26(20(29)24-22)15-18(27)23-17-9-13-25(6-2)14-10-17/h16-17H,5-15H2,1-4H3,(H,23,27)(H,24,29). The van der Waals surface area contributed by atoms with Crippen LogP contribution in [0.5, 0.6) is 0 Å². The van der Waals surface area contributed by atoms with E-state index in [1.807, 2.05) is 0 Å². The molecule has 3 rings (SSSR count). The Labute approximate surface area is 174 Å². The van der Waals surface area contributed by atoms with Crippen LogP contribution in [0.15, 0.2) is 0 Å². The third-order valence-electron chi connectivity index (χ3n) is 7.80. The van der Waals surface area contributed by atoms with E-state index < -0.39 is 11.6 Å². The van der Waals surface area contributed by atoms with Crippen molar-refractivity contribution in [3.63, 3.8) is 0 Å². The van der Waals surface area contributed by atoms with E-state index in [1.54, 1.807) is 0 Å². The molecule has 0 aromatic heterocycles. The Morgan fingerprint density at radius 1 is 1.14 bits per heavy atom. The summed E-state index contributed by atoms with van der Waals surface area (Å²) >= 11 is 0. The Balaban J connectivity index is 1.54. The lowest BCUT2D eigenvalue weighted by Gasteiger charge is -2.42. The van der Waals surface area contributed by atoms with Gasteiger partial charge in [0.1, 0.15) is 12.1 Å². The van der Waals surface area contributed by atoms with Gasteiger partial charge in [-0.2, -0.15) is 0 Å². The van der Waals surface area contributed by atoms with Gasteiger partial charge in [-0.25, -0.2) is 4.79 Å². The van der Waals surface area contributed by atoms with Crippen molar-refractivity contribution in [2.75, 3.05) is 26.2 Å². The van der Waals surface area contributed by atoms with Crippen molar-refractivity contribution in [3.8, 4) is 0 Å². The average molecular weight is 407 g/mol. The van der Waals surface area contributed by atoms with Gasteiger partial charge in [0, 0.05) is 19.1 Å². The molecule has 7 nitrogen and oxygen atoms in total. The number of likely N-dealkylation sites (tertiary alicyclic amines) is 1. The lowest BCUT2D eigenvalue weighted by molar-refractivity contribution is -0.136. The fourth-order valence-corrected chi connectivity index (χ4v) is 5.15. The molecule has 1 aliphatic carbocycles. The van der Waals surface area contributed by atoms with Gasteiger partial charge >= 0.3 is 6.03 Å². The summed E-state index contributed by atoms with van der Waals surface area (Å²) in [5, 5.41) is 5.95. The maximum absolute atomic E-state index is 13.1. The van der Waals surface area contributed by atoms with Crippen molar-refractivity contribution in [1.82, 2.24) is 20.4 Å². The fourth-order valence-electron chi connectivity index (χ4n) is 5.15. The number of urea groups is 1. The third-order valence-corrected chi connectivity index (χ3v) is 7.80. The lowest BCUT2D eigenvalue weighted by atomic mass is 9.65. The highest BCUT2D eigenvalue weighted by atomic mass is 16.2. The van der Waals surface area contributed by atoms with E-state index in [0.717, 1.165) is 56.6 Å². The molecular formula is C22H38N4O3. The summed E-state index contributed by atoms with van der Waals surface area (Å²) in [5.41, 5.74) is -0.551. The van der Waals surface area contributed by atoms with Crippen LogP contribution in [0.25, 0.3) is 0 Å². The van der Waals surface area contributed by atoms with Gasteiger partial charge in [0.2, 0.25) is 5.91 Å². The molecule has 4 amide bonds. The summed E-state index contributed by atoms with van der Waals surface area (Å²) in [6.07, 6.45) is 6.13. The second-order valence-corrected chi connectivity index (χ2v) is 9.80. The first kappa shape index (κ1) is 22.1. The van der Waals surface area contributed by atoms with Crippen molar-refractivity contribution < 1.29 is 14.4 Å². The lowest BCUT2D eigenvalue weighted by Crippen LogP contribution is -2.51. The average Bonchev–Trinajstić information content (AvgIpc) is 2.93. The van der Waals surface area contributed by atoms with E-state index >= 15 is 0 Å². The minimum atomic E-state index is -0.801. The topological polar surface area (TPSA) is 81.8 Å². The van der Waals surface area contributed by atoms with Gasteiger partial charge in [-0.15, -0.1) is 0 Å². The number of piperidine rings is 1. The molecule has 3 aliphatic rings. The van der Waals surface area contributed by atoms with Crippen molar-refractivity contribution in [2.45, 2.75) is 84.2 Å². The Morgan fingerprint density at radius 2 is 1.76 bits per heavy atom. The van der Waals surface area contributed by atoms with E-state index in [-0.39, 0.29) is 29.8 Å². The highest BCUT2D eigenvalue weighted by Gasteiger charge is 2.53. The van der Waals surface area contributed by atoms with Crippen molar-refractivity contribution >= 4 is 17.8 Å². The van der Waals surface area contributed by atoms with Gasteiger partial charge in [0.25, 0.3) is 5.91 Å². The Bertz CT molecular complexity index is 632. The van der Waals surface area contributed by atoms with Crippen LogP contribution in [0, 0.1) is 11.3 Å². The molecule has 0 radical (unpaired) electrons. The molecule has 1 saturated carbocycles. The zero-order valence-electron chi connectivity index (χ0n) is 18.6. The second kappa shape index (κ2) is 8.62. The van der Waals surface area contributed by atoms with Crippen LogP contribution in [0.3, 0.4) is 0 Å². The van der Waals surface area contributed by atoms with Gasteiger partial charge in [0.15, 0.2) is 0 Å². The predicted octanol–water partition coefficient (Wildman–Crippen LogP) is 2.50. The zero-order chi connectivity index (χ0) is 21.2. The number of imide groups is 1. The molecule has 2 N–H and O–H groups in total. The van der Waals surface area contributed by atoms with Gasteiger partial charge in [0.05, 0.1) is 0 Å². The zero-order valence-corrected chi connectivity index (χ0v) is 18.6. The third kappa shape index (κ3) is 4.60. The quantitative estimate of drug-likeness (QED) is 0.664. The van der Waals surface area contributed by atoms with Crippen LogP contribution in [0.4, 0.5) is 4.79 Å². The smallest absolute Gasteiger partial charge is 0.325 e. The first-order valence-electron chi connectivity index (χ1n) is 11.4. The van der Waals surface area contributed by atoms with Crippen molar-refractivity contribution in [2.24, 2.45) is 11.3 Å². The Morgan fingerprint density at radius 3 is 2.31 bits per heavy atom. The van der Waals surface area contributed by atoms with Crippen molar-refractivity contribution in [3.05, 3.63) is 0 Å². The van der Waals surface area contributed by atoms with Crippen LogP contribution in [0.2, 0.25) is 0 Å². The largest absolute Gasteiger partial charge is 0.352 e. The Hall–Kier alpha value is -1.63. The first-order valence-corrected chi connectivity index (χ1v) is 11.4.